The molecule has 8 nitrogen and oxygen atoms in total. The lowest BCUT2D eigenvalue weighted by Gasteiger charge is -2.35. The molecule has 1 fully saturated rings. The molecule has 0 spiro atoms. The molecule has 1 aliphatic heterocycles. The first-order chi connectivity index (χ1) is 15.7. The van der Waals surface area contributed by atoms with Crippen LogP contribution in [0.2, 0.25) is 0 Å². The summed E-state index contributed by atoms with van der Waals surface area (Å²) in [6.07, 6.45) is 4.23. The molecule has 33 heavy (non-hydrogen) atoms. The summed E-state index contributed by atoms with van der Waals surface area (Å²) >= 11 is 0. The highest BCUT2D eigenvalue weighted by Crippen LogP contribution is 2.37. The van der Waals surface area contributed by atoms with Gasteiger partial charge < -0.3 is 24.8 Å². The van der Waals surface area contributed by atoms with Crippen LogP contribution in [0.3, 0.4) is 0 Å². The molecule has 2 N–H and O–H groups in total. The van der Waals surface area contributed by atoms with Crippen LogP contribution < -0.4 is 10.1 Å². The highest BCUT2D eigenvalue weighted by molar-refractivity contribution is 5.88. The van der Waals surface area contributed by atoms with Crippen molar-refractivity contribution in [1.29, 1.82) is 0 Å². The lowest BCUT2D eigenvalue weighted by Crippen LogP contribution is -2.40. The number of esters is 1. The Balaban J connectivity index is 0.00000172. The van der Waals surface area contributed by atoms with Gasteiger partial charge in [0.25, 0.3) is 0 Å². The van der Waals surface area contributed by atoms with E-state index in [1.165, 1.54) is 20.0 Å². The van der Waals surface area contributed by atoms with Gasteiger partial charge in [-0.15, -0.1) is 0 Å². The molecule has 2 atom stereocenters. The van der Waals surface area contributed by atoms with E-state index >= 15 is 0 Å². The summed E-state index contributed by atoms with van der Waals surface area (Å²) < 4.78 is 10.5. The molecular formula is C25H40N2O6. The Morgan fingerprint density at radius 2 is 1.91 bits per heavy atom. The molecule has 1 heterocycles. The second-order valence-electron chi connectivity index (χ2n) is 8.58. The Labute approximate surface area is 197 Å². The fourth-order valence-electron chi connectivity index (χ4n) is 4.02. The number of likely N-dealkylation sites (tertiary alicyclic amines) is 1. The molecule has 1 saturated heterocycles. The monoisotopic (exact) mass is 464 g/mol. The maximum atomic E-state index is 12.4. The number of aliphatic carboxylic acids is 1. The molecule has 186 valence electrons. The zero-order valence-corrected chi connectivity index (χ0v) is 20.7. The van der Waals surface area contributed by atoms with Crippen LogP contribution in [-0.2, 0) is 24.5 Å². The summed E-state index contributed by atoms with van der Waals surface area (Å²) in [4.78, 5) is 37.3. The molecule has 8 heteroatoms. The van der Waals surface area contributed by atoms with Crippen LogP contribution in [0.25, 0.3) is 0 Å². The van der Waals surface area contributed by atoms with Crippen LogP contribution >= 0.6 is 0 Å². The van der Waals surface area contributed by atoms with Crippen molar-refractivity contribution in [1.82, 2.24) is 10.2 Å². The van der Waals surface area contributed by atoms with Crippen LogP contribution in [0.5, 0.6) is 5.75 Å². The molecule has 2 rings (SSSR count). The number of ether oxygens (including phenoxy) is 2. The number of carbonyl (C=O) groups excluding carboxylic acids is 2. The number of nitrogens with zero attached hydrogens (tertiary/aromatic N) is 1. The molecule has 0 aromatic heterocycles. The third kappa shape index (κ3) is 9.52. The summed E-state index contributed by atoms with van der Waals surface area (Å²) in [5, 5.41) is 10.9. The molecule has 0 saturated carbocycles. The fraction of sp³-hybridized carbons (Fsp3) is 0.640. The van der Waals surface area contributed by atoms with Crippen LogP contribution in [0, 0.1) is 0 Å². The van der Waals surface area contributed by atoms with Gasteiger partial charge in [-0.25, -0.2) is 0 Å². The van der Waals surface area contributed by atoms with Gasteiger partial charge in [-0.2, -0.15) is 0 Å². The zero-order valence-electron chi connectivity index (χ0n) is 20.7. The number of nitrogens with one attached hydrogen (secondary N) is 1. The van der Waals surface area contributed by atoms with E-state index in [9.17, 15) is 14.4 Å². The number of rotatable bonds is 9. The molecule has 1 amide bonds. The second kappa shape index (κ2) is 14.6. The predicted molar refractivity (Wildman–Crippen MR) is 127 cm³/mol. The first-order valence-corrected chi connectivity index (χ1v) is 11.7. The van der Waals surface area contributed by atoms with E-state index in [4.69, 9.17) is 14.6 Å². The maximum absolute atomic E-state index is 12.4. The lowest BCUT2D eigenvalue weighted by molar-refractivity contribution is -0.144. The smallest absolute Gasteiger partial charge is 0.322 e. The molecule has 2 unspecified atom stereocenters. The summed E-state index contributed by atoms with van der Waals surface area (Å²) in [6.45, 7) is 7.94. The van der Waals surface area contributed by atoms with E-state index in [2.05, 4.69) is 44.1 Å². The summed E-state index contributed by atoms with van der Waals surface area (Å²) in [5.41, 5.74) is 1.16. The van der Waals surface area contributed by atoms with Crippen LogP contribution in [0.15, 0.2) is 24.3 Å². The number of carboxylic acids is 1. The third-order valence-corrected chi connectivity index (χ3v) is 5.72. The maximum Gasteiger partial charge on any atom is 0.322 e. The van der Waals surface area contributed by atoms with Crippen molar-refractivity contribution in [3.05, 3.63) is 29.8 Å². The van der Waals surface area contributed by atoms with E-state index in [-0.39, 0.29) is 11.8 Å². The Bertz CT molecular complexity index is 769. The average molecular weight is 465 g/mol. The third-order valence-electron chi connectivity index (χ3n) is 5.72. The van der Waals surface area contributed by atoms with Gasteiger partial charge in [-0.3, -0.25) is 14.4 Å². The average Bonchev–Trinajstić information content (AvgIpc) is 2.98. The number of benzene rings is 1. The van der Waals surface area contributed by atoms with Gasteiger partial charge in [0.05, 0.1) is 6.42 Å². The number of likely N-dealkylation sites (N-methyl/N-ethyl adjacent to an activating group) is 1. The Morgan fingerprint density at radius 1 is 1.21 bits per heavy atom. The Morgan fingerprint density at radius 3 is 2.52 bits per heavy atom. The van der Waals surface area contributed by atoms with E-state index in [1.807, 2.05) is 12.1 Å². The van der Waals surface area contributed by atoms with Gasteiger partial charge in [-0.05, 0) is 50.6 Å². The van der Waals surface area contributed by atoms with Gasteiger partial charge >= 0.3 is 11.9 Å². The number of methoxy groups -OCH3 is 1. The van der Waals surface area contributed by atoms with E-state index in [1.54, 1.807) is 6.07 Å². The lowest BCUT2D eigenvalue weighted by atomic mass is 9.74. The summed E-state index contributed by atoms with van der Waals surface area (Å²) in [7, 11) is 3.42. The first kappa shape index (κ1) is 28.6. The number of carboxylic acid groups (broad SMARTS) is 1. The van der Waals surface area contributed by atoms with Crippen molar-refractivity contribution in [2.45, 2.75) is 70.8 Å². The van der Waals surface area contributed by atoms with Crippen molar-refractivity contribution in [3.8, 4) is 5.75 Å². The van der Waals surface area contributed by atoms with Crippen molar-refractivity contribution in [3.63, 3.8) is 0 Å². The molecular weight excluding hydrogens is 424 g/mol. The summed E-state index contributed by atoms with van der Waals surface area (Å²) in [6, 6.07) is 7.59. The van der Waals surface area contributed by atoms with Crippen LogP contribution in [0.4, 0.5) is 0 Å². The van der Waals surface area contributed by atoms with Crippen molar-refractivity contribution in [2.75, 3.05) is 33.8 Å². The topological polar surface area (TPSA) is 105 Å². The van der Waals surface area contributed by atoms with Crippen LogP contribution in [0.1, 0.15) is 64.9 Å². The van der Waals surface area contributed by atoms with Crippen molar-refractivity contribution < 1.29 is 29.0 Å². The van der Waals surface area contributed by atoms with Gasteiger partial charge in [0.15, 0.2) is 0 Å². The second-order valence-corrected chi connectivity index (χ2v) is 8.58. The van der Waals surface area contributed by atoms with Gasteiger partial charge in [0.1, 0.15) is 18.4 Å². The Hall–Kier alpha value is -2.45. The van der Waals surface area contributed by atoms with Gasteiger partial charge in [-0.1, -0.05) is 45.7 Å². The number of hydrogen-bond donors (Lipinski definition) is 2. The molecule has 1 aromatic rings. The van der Waals surface area contributed by atoms with Crippen molar-refractivity contribution >= 4 is 17.8 Å². The predicted octanol–water partition coefficient (Wildman–Crippen LogP) is 3.38. The summed E-state index contributed by atoms with van der Waals surface area (Å²) in [5.74, 6) is -2.03. The number of hydrogen-bond acceptors (Lipinski definition) is 6. The molecule has 0 aliphatic carbocycles. The van der Waals surface area contributed by atoms with Gasteiger partial charge in [0.2, 0.25) is 5.91 Å². The van der Waals surface area contributed by atoms with Crippen molar-refractivity contribution in [2.24, 2.45) is 0 Å². The highest BCUT2D eigenvalue weighted by Gasteiger charge is 2.33. The standard InChI is InChI=1S/C22H32N2O6.C3H8/c1-4-22(10-5-6-11-24(2)15-22)16-8-7-9-17(12-16)30-20(27)13-18(29-3)21(28)23-14-19(25)26;1-3-2/h7-9,12,18H,4-6,10-11,13-15H2,1-3H3,(H,23,28)(H,25,26);3H2,1-2H3. The Kier molecular flexibility index (Phi) is 12.7. The van der Waals surface area contributed by atoms with E-state index in [0.29, 0.717) is 5.75 Å². The number of carbonyl (C=O) groups is 3. The van der Waals surface area contributed by atoms with E-state index < -0.39 is 30.5 Å². The molecule has 0 bridgehead atoms. The zero-order chi connectivity index (χ0) is 24.9. The van der Waals surface area contributed by atoms with Gasteiger partial charge in [0, 0.05) is 19.1 Å². The molecule has 1 aromatic carbocycles. The molecule has 0 radical (unpaired) electrons. The normalized spacial score (nSPS) is 19.4. The van der Waals surface area contributed by atoms with E-state index in [0.717, 1.165) is 37.9 Å². The minimum absolute atomic E-state index is 0.0133. The highest BCUT2D eigenvalue weighted by atomic mass is 16.5. The fourth-order valence-corrected chi connectivity index (χ4v) is 4.02. The minimum atomic E-state index is -1.17. The van der Waals surface area contributed by atoms with Crippen LogP contribution in [-0.4, -0.2) is 67.7 Å². The first-order valence-electron chi connectivity index (χ1n) is 11.7. The SMILES string of the molecule is CCC.CCC1(c2cccc(OC(=O)CC(OC)C(=O)NCC(=O)O)c2)CCCCN(C)C1. The quantitative estimate of drug-likeness (QED) is 0.426. The molecule has 1 aliphatic rings. The minimum Gasteiger partial charge on any atom is -0.480 e. The largest absolute Gasteiger partial charge is 0.480 e. The number of amides is 1.